The monoisotopic (exact) mass is 556 g/mol. The molecular formula is C25H23ClF2O6S2. The molecular weight excluding hydrogens is 534 g/mol. The second-order valence-electron chi connectivity index (χ2n) is 9.36. The Hall–Kier alpha value is -2.43. The van der Waals surface area contributed by atoms with Gasteiger partial charge in [0.25, 0.3) is 0 Å². The Bertz CT molecular complexity index is 1490. The maximum absolute atomic E-state index is 15.3. The van der Waals surface area contributed by atoms with Crippen LogP contribution in [-0.4, -0.2) is 29.2 Å². The van der Waals surface area contributed by atoms with Crippen molar-refractivity contribution in [2.24, 2.45) is 11.8 Å². The number of benzene rings is 2. The third-order valence-corrected chi connectivity index (χ3v) is 11.7. The van der Waals surface area contributed by atoms with Crippen LogP contribution in [-0.2, 0) is 30.2 Å². The summed E-state index contributed by atoms with van der Waals surface area (Å²) >= 11 is 5.95. The summed E-state index contributed by atoms with van der Waals surface area (Å²) in [6.07, 6.45) is 1.65. The van der Waals surface area contributed by atoms with Gasteiger partial charge in [-0.2, -0.15) is 0 Å². The molecule has 0 radical (unpaired) electrons. The first-order valence-electron chi connectivity index (χ1n) is 11.4. The molecule has 0 spiro atoms. The quantitative estimate of drug-likeness (QED) is 0.409. The third-order valence-electron chi connectivity index (χ3n) is 7.15. The maximum atomic E-state index is 15.3. The van der Waals surface area contributed by atoms with Crippen LogP contribution in [0.5, 0.6) is 5.75 Å². The molecule has 0 bridgehead atoms. The van der Waals surface area contributed by atoms with E-state index in [0.717, 1.165) is 12.1 Å². The predicted octanol–water partition coefficient (Wildman–Crippen LogP) is 5.30. The molecule has 0 unspecified atom stereocenters. The SMILES string of the molecule is O=S(=O)(Cc1ccco1)C[C@@H]1CC[C@@]2(S(=O)(=O)c3ccc(Cl)cc3)c3c(F)ccc(F)c3OC[C@H]2C1. The Morgan fingerprint density at radius 3 is 2.42 bits per heavy atom. The van der Waals surface area contributed by atoms with Crippen molar-refractivity contribution in [3.8, 4) is 5.75 Å². The highest BCUT2D eigenvalue weighted by atomic mass is 35.5. The second-order valence-corrected chi connectivity index (χ2v) is 14.1. The molecule has 1 aliphatic heterocycles. The van der Waals surface area contributed by atoms with Crippen LogP contribution in [0.15, 0.2) is 64.1 Å². The topological polar surface area (TPSA) is 90.6 Å². The lowest BCUT2D eigenvalue weighted by molar-refractivity contribution is 0.103. The van der Waals surface area contributed by atoms with E-state index in [2.05, 4.69) is 0 Å². The maximum Gasteiger partial charge on any atom is 0.188 e. The van der Waals surface area contributed by atoms with E-state index in [-0.39, 0.29) is 53.8 Å². The summed E-state index contributed by atoms with van der Waals surface area (Å²) in [5, 5.41) is 0.332. The Morgan fingerprint density at radius 1 is 1.00 bits per heavy atom. The van der Waals surface area contributed by atoms with Gasteiger partial charge in [-0.1, -0.05) is 11.6 Å². The van der Waals surface area contributed by atoms with Crippen LogP contribution in [0.2, 0.25) is 5.02 Å². The van der Waals surface area contributed by atoms with Gasteiger partial charge in [-0.3, -0.25) is 0 Å². The Morgan fingerprint density at radius 2 is 1.72 bits per heavy atom. The van der Waals surface area contributed by atoms with Crippen LogP contribution >= 0.6 is 11.6 Å². The lowest BCUT2D eigenvalue weighted by Crippen LogP contribution is -2.52. The normalized spacial score (nSPS) is 24.0. The van der Waals surface area contributed by atoms with Gasteiger partial charge in [0.2, 0.25) is 0 Å². The van der Waals surface area contributed by atoms with E-state index in [0.29, 0.717) is 10.8 Å². The van der Waals surface area contributed by atoms with Crippen molar-refractivity contribution in [1.82, 2.24) is 0 Å². The fourth-order valence-corrected chi connectivity index (χ4v) is 9.84. The first kappa shape index (κ1) is 25.2. The number of rotatable bonds is 6. The molecule has 3 atom stereocenters. The molecule has 36 heavy (non-hydrogen) atoms. The Balaban J connectivity index is 1.56. The number of fused-ring (bicyclic) bond motifs is 3. The van der Waals surface area contributed by atoms with Crippen LogP contribution in [0, 0.1) is 23.5 Å². The molecule has 1 aromatic heterocycles. The van der Waals surface area contributed by atoms with Crippen molar-refractivity contribution >= 4 is 31.3 Å². The standard InChI is InChI=1S/C25H23ClF2O6S2/c26-18-3-5-20(6-4-18)36(31,32)25-10-9-16(14-35(29,30)15-19-2-1-11-33-19)12-17(25)13-34-24-22(28)8-7-21(27)23(24)25/h1-8,11,16-17H,9-10,12-15H2/t16-,17-,25+/m1/s1. The van der Waals surface area contributed by atoms with Gasteiger partial charge in [0.15, 0.2) is 31.2 Å². The molecule has 2 aromatic carbocycles. The highest BCUT2D eigenvalue weighted by Crippen LogP contribution is 2.57. The lowest BCUT2D eigenvalue weighted by atomic mass is 9.69. The zero-order valence-corrected chi connectivity index (χ0v) is 21.4. The summed E-state index contributed by atoms with van der Waals surface area (Å²) in [6, 6.07) is 10.5. The summed E-state index contributed by atoms with van der Waals surface area (Å²) < 4.78 is 92.9. The minimum Gasteiger partial charge on any atom is -0.490 e. The fourth-order valence-electron chi connectivity index (χ4n) is 5.61. The highest BCUT2D eigenvalue weighted by Gasteiger charge is 2.59. The fraction of sp³-hybridized carbons (Fsp3) is 0.360. The molecule has 1 fully saturated rings. The van der Waals surface area contributed by atoms with E-state index < -0.39 is 47.7 Å². The van der Waals surface area contributed by atoms with Crippen molar-refractivity contribution in [1.29, 1.82) is 0 Å². The van der Waals surface area contributed by atoms with Crippen molar-refractivity contribution in [2.45, 2.75) is 34.7 Å². The van der Waals surface area contributed by atoms with Crippen LogP contribution in [0.25, 0.3) is 0 Å². The number of sulfone groups is 2. The average Bonchev–Trinajstić information content (AvgIpc) is 3.33. The molecule has 192 valence electrons. The second kappa shape index (κ2) is 9.15. The summed E-state index contributed by atoms with van der Waals surface area (Å²) in [7, 11) is -7.83. The van der Waals surface area contributed by atoms with Gasteiger partial charge in [-0.05, 0) is 73.7 Å². The first-order valence-corrected chi connectivity index (χ1v) is 15.1. The smallest absolute Gasteiger partial charge is 0.188 e. The number of hydrogen-bond acceptors (Lipinski definition) is 6. The van der Waals surface area contributed by atoms with Crippen LogP contribution in [0.4, 0.5) is 8.78 Å². The molecule has 6 nitrogen and oxygen atoms in total. The molecule has 0 N–H and O–H groups in total. The van der Waals surface area contributed by atoms with E-state index in [9.17, 15) is 21.2 Å². The Labute approximate surface area is 213 Å². The number of hydrogen-bond donors (Lipinski definition) is 0. The summed E-state index contributed by atoms with van der Waals surface area (Å²) in [5.74, 6) is -3.44. The van der Waals surface area contributed by atoms with E-state index in [4.69, 9.17) is 20.8 Å². The molecule has 2 heterocycles. The summed E-state index contributed by atoms with van der Waals surface area (Å²) in [6.45, 7) is -0.186. The molecule has 0 saturated heterocycles. The number of halogens is 3. The molecule has 3 aromatic rings. The molecule has 5 rings (SSSR count). The molecule has 2 aliphatic rings. The predicted molar refractivity (Wildman–Crippen MR) is 129 cm³/mol. The van der Waals surface area contributed by atoms with Crippen molar-refractivity contribution in [3.63, 3.8) is 0 Å². The van der Waals surface area contributed by atoms with Gasteiger partial charge in [0.05, 0.1) is 29.1 Å². The highest BCUT2D eigenvalue weighted by molar-refractivity contribution is 7.92. The minimum atomic E-state index is -4.27. The lowest BCUT2D eigenvalue weighted by Gasteiger charge is -2.49. The van der Waals surface area contributed by atoms with Crippen LogP contribution < -0.4 is 4.74 Å². The molecule has 1 saturated carbocycles. The summed E-state index contributed by atoms with van der Waals surface area (Å²) in [5.41, 5.74) is -0.328. The van der Waals surface area contributed by atoms with Crippen molar-refractivity contribution in [2.75, 3.05) is 12.4 Å². The largest absolute Gasteiger partial charge is 0.490 e. The minimum absolute atomic E-state index is 0.0719. The van der Waals surface area contributed by atoms with Gasteiger partial charge in [-0.15, -0.1) is 0 Å². The zero-order valence-electron chi connectivity index (χ0n) is 19.0. The van der Waals surface area contributed by atoms with E-state index in [1.807, 2.05) is 0 Å². The van der Waals surface area contributed by atoms with Crippen molar-refractivity contribution < 1.29 is 34.8 Å². The molecule has 1 aliphatic carbocycles. The van der Waals surface area contributed by atoms with E-state index in [1.165, 1.54) is 30.5 Å². The number of ether oxygens (including phenoxy) is 1. The first-order chi connectivity index (χ1) is 17.0. The van der Waals surface area contributed by atoms with Crippen molar-refractivity contribution in [3.05, 3.63) is 82.8 Å². The van der Waals surface area contributed by atoms with Gasteiger partial charge in [-0.25, -0.2) is 25.6 Å². The zero-order chi connectivity index (χ0) is 25.7. The van der Waals surface area contributed by atoms with Gasteiger partial charge >= 0.3 is 0 Å². The van der Waals surface area contributed by atoms with Crippen LogP contribution in [0.3, 0.4) is 0 Å². The van der Waals surface area contributed by atoms with Gasteiger partial charge in [0.1, 0.15) is 22.1 Å². The molecule has 11 heteroatoms. The van der Waals surface area contributed by atoms with Crippen LogP contribution in [0.1, 0.15) is 30.6 Å². The molecule has 0 amide bonds. The average molecular weight is 557 g/mol. The Kier molecular flexibility index (Phi) is 6.41. The van der Waals surface area contributed by atoms with Gasteiger partial charge in [0, 0.05) is 10.9 Å². The van der Waals surface area contributed by atoms with E-state index in [1.54, 1.807) is 12.1 Å². The number of furan rings is 1. The van der Waals surface area contributed by atoms with Gasteiger partial charge < -0.3 is 9.15 Å². The third kappa shape index (κ3) is 4.22. The summed E-state index contributed by atoms with van der Waals surface area (Å²) in [4.78, 5) is -0.0719. The van der Waals surface area contributed by atoms with E-state index >= 15 is 4.39 Å².